The minimum Gasteiger partial charge on any atom is -0.298 e. The smallest absolute Gasteiger partial charge is 0.169 e. The van der Waals surface area contributed by atoms with Crippen LogP contribution in [0.4, 0.5) is 0 Å². The van der Waals surface area contributed by atoms with Crippen molar-refractivity contribution in [3.05, 3.63) is 53.3 Å². The molecule has 2 rings (SSSR count). The lowest BCUT2D eigenvalue weighted by atomic mass is 10.0. The summed E-state index contributed by atoms with van der Waals surface area (Å²) < 4.78 is 0. The van der Waals surface area contributed by atoms with Gasteiger partial charge in [0.1, 0.15) is 12.0 Å². The fourth-order valence-corrected chi connectivity index (χ4v) is 1.65. The molecule has 1 heterocycles. The third kappa shape index (κ3) is 2.28. The van der Waals surface area contributed by atoms with E-state index in [0.29, 0.717) is 11.3 Å². The average molecular weight is 225 g/mol. The quantitative estimate of drug-likeness (QED) is 0.754. The Morgan fingerprint density at radius 2 is 1.76 bits per heavy atom. The van der Waals surface area contributed by atoms with Crippen LogP contribution in [-0.4, -0.2) is 17.6 Å². The van der Waals surface area contributed by atoms with E-state index in [-0.39, 0.29) is 0 Å². The summed E-state index contributed by atoms with van der Waals surface area (Å²) in [6, 6.07) is 8.98. The second-order valence-electron chi connectivity index (χ2n) is 3.80. The summed E-state index contributed by atoms with van der Waals surface area (Å²) in [4.78, 5) is 25.6. The fourth-order valence-electron chi connectivity index (χ4n) is 1.65. The highest BCUT2D eigenvalue weighted by atomic mass is 16.1. The maximum Gasteiger partial charge on any atom is 0.169 e. The second kappa shape index (κ2) is 4.70. The van der Waals surface area contributed by atoms with Gasteiger partial charge in [0.05, 0.1) is 0 Å². The number of pyridine rings is 1. The van der Waals surface area contributed by atoms with Gasteiger partial charge in [0.2, 0.25) is 0 Å². The van der Waals surface area contributed by atoms with Crippen molar-refractivity contribution in [2.75, 3.05) is 0 Å². The fraction of sp³-hybridized carbons (Fsp3) is 0.0714. The highest BCUT2D eigenvalue weighted by molar-refractivity contribution is 5.86. The number of aromatic nitrogens is 1. The first-order valence-electron chi connectivity index (χ1n) is 5.22. The zero-order valence-corrected chi connectivity index (χ0v) is 9.38. The van der Waals surface area contributed by atoms with Gasteiger partial charge in [-0.05, 0) is 24.1 Å². The molecule has 0 N–H and O–H groups in total. The molecule has 0 fully saturated rings. The Hall–Kier alpha value is -2.29. The number of aldehydes is 2. The van der Waals surface area contributed by atoms with Crippen LogP contribution in [0.25, 0.3) is 11.1 Å². The molecule has 0 aliphatic rings. The summed E-state index contributed by atoms with van der Waals surface area (Å²) >= 11 is 0. The van der Waals surface area contributed by atoms with E-state index in [0.717, 1.165) is 29.3 Å². The van der Waals surface area contributed by atoms with Crippen LogP contribution in [0.5, 0.6) is 0 Å². The van der Waals surface area contributed by atoms with Gasteiger partial charge in [-0.3, -0.25) is 14.6 Å². The normalized spacial score (nSPS) is 9.94. The van der Waals surface area contributed by atoms with E-state index in [1.165, 1.54) is 0 Å². The van der Waals surface area contributed by atoms with Crippen LogP contribution in [0, 0.1) is 6.92 Å². The van der Waals surface area contributed by atoms with Crippen LogP contribution in [0.15, 0.2) is 36.5 Å². The lowest BCUT2D eigenvalue weighted by molar-refractivity contribution is 0.111. The number of nitrogens with zero attached hydrogens (tertiary/aromatic N) is 1. The lowest BCUT2D eigenvalue weighted by Gasteiger charge is -2.05. The van der Waals surface area contributed by atoms with Gasteiger partial charge in [-0.25, -0.2) is 0 Å². The standard InChI is InChI=1S/C14H11NO2/c1-10-6-13(14(9-17)15-7-10)12-4-2-11(8-16)3-5-12/h2-9H,1H3. The van der Waals surface area contributed by atoms with E-state index in [4.69, 9.17) is 0 Å². The van der Waals surface area contributed by atoms with E-state index in [1.54, 1.807) is 18.3 Å². The van der Waals surface area contributed by atoms with Gasteiger partial charge in [0, 0.05) is 17.3 Å². The predicted molar refractivity (Wildman–Crippen MR) is 65.2 cm³/mol. The Morgan fingerprint density at radius 1 is 1.06 bits per heavy atom. The van der Waals surface area contributed by atoms with Gasteiger partial charge in [0.15, 0.2) is 6.29 Å². The molecule has 0 aliphatic carbocycles. The van der Waals surface area contributed by atoms with Crippen molar-refractivity contribution in [2.45, 2.75) is 6.92 Å². The molecule has 0 aliphatic heterocycles. The van der Waals surface area contributed by atoms with Gasteiger partial charge >= 0.3 is 0 Å². The maximum atomic E-state index is 10.9. The zero-order chi connectivity index (χ0) is 12.3. The Kier molecular flexibility index (Phi) is 3.10. The summed E-state index contributed by atoms with van der Waals surface area (Å²) in [6.45, 7) is 1.92. The van der Waals surface area contributed by atoms with Crippen molar-refractivity contribution in [1.82, 2.24) is 4.98 Å². The number of carbonyl (C=O) groups is 2. The SMILES string of the molecule is Cc1cnc(C=O)c(-c2ccc(C=O)cc2)c1. The van der Waals surface area contributed by atoms with E-state index >= 15 is 0 Å². The predicted octanol–water partition coefficient (Wildman–Crippen LogP) is 2.68. The molecular formula is C14H11NO2. The third-order valence-corrected chi connectivity index (χ3v) is 2.52. The Labute approximate surface area is 99.1 Å². The van der Waals surface area contributed by atoms with Crippen molar-refractivity contribution in [3.8, 4) is 11.1 Å². The molecule has 0 spiro atoms. The highest BCUT2D eigenvalue weighted by Crippen LogP contribution is 2.22. The number of carbonyl (C=O) groups excluding carboxylic acids is 2. The molecule has 1 aromatic heterocycles. The highest BCUT2D eigenvalue weighted by Gasteiger charge is 2.06. The van der Waals surface area contributed by atoms with Crippen LogP contribution in [0.1, 0.15) is 26.4 Å². The number of hydrogen-bond acceptors (Lipinski definition) is 3. The molecule has 1 aromatic carbocycles. The molecule has 17 heavy (non-hydrogen) atoms. The van der Waals surface area contributed by atoms with Crippen LogP contribution >= 0.6 is 0 Å². The van der Waals surface area contributed by atoms with Crippen molar-refractivity contribution < 1.29 is 9.59 Å². The van der Waals surface area contributed by atoms with Crippen LogP contribution in [0.3, 0.4) is 0 Å². The summed E-state index contributed by atoms with van der Waals surface area (Å²) in [7, 11) is 0. The Bertz CT molecular complexity index is 559. The lowest BCUT2D eigenvalue weighted by Crippen LogP contribution is -1.93. The summed E-state index contributed by atoms with van der Waals surface area (Å²) in [6.07, 6.45) is 3.19. The summed E-state index contributed by atoms with van der Waals surface area (Å²) in [5.41, 5.74) is 3.69. The Balaban J connectivity index is 2.54. The van der Waals surface area contributed by atoms with Crippen molar-refractivity contribution in [3.63, 3.8) is 0 Å². The largest absolute Gasteiger partial charge is 0.298 e. The minimum absolute atomic E-state index is 0.412. The average Bonchev–Trinajstić information content (AvgIpc) is 2.39. The number of rotatable bonds is 3. The number of aryl methyl sites for hydroxylation is 1. The van der Waals surface area contributed by atoms with Gasteiger partial charge in [0.25, 0.3) is 0 Å². The van der Waals surface area contributed by atoms with Gasteiger partial charge in [-0.2, -0.15) is 0 Å². The molecule has 0 atom stereocenters. The van der Waals surface area contributed by atoms with Crippen molar-refractivity contribution in [1.29, 1.82) is 0 Å². The van der Waals surface area contributed by atoms with E-state index in [9.17, 15) is 9.59 Å². The number of benzene rings is 1. The Morgan fingerprint density at radius 3 is 2.35 bits per heavy atom. The zero-order valence-electron chi connectivity index (χ0n) is 9.38. The molecule has 0 unspecified atom stereocenters. The van der Waals surface area contributed by atoms with Gasteiger partial charge in [-0.15, -0.1) is 0 Å². The second-order valence-corrected chi connectivity index (χ2v) is 3.80. The first-order chi connectivity index (χ1) is 8.24. The first-order valence-corrected chi connectivity index (χ1v) is 5.22. The number of hydrogen-bond donors (Lipinski definition) is 0. The third-order valence-electron chi connectivity index (χ3n) is 2.52. The van der Waals surface area contributed by atoms with E-state index in [2.05, 4.69) is 4.98 Å². The summed E-state index contributed by atoms with van der Waals surface area (Å²) in [5.74, 6) is 0. The van der Waals surface area contributed by atoms with E-state index in [1.807, 2.05) is 25.1 Å². The maximum absolute atomic E-state index is 10.9. The van der Waals surface area contributed by atoms with E-state index < -0.39 is 0 Å². The molecule has 0 saturated heterocycles. The van der Waals surface area contributed by atoms with Crippen LogP contribution in [0.2, 0.25) is 0 Å². The topological polar surface area (TPSA) is 47.0 Å². The molecule has 2 aromatic rings. The molecule has 3 nitrogen and oxygen atoms in total. The molecule has 84 valence electrons. The van der Waals surface area contributed by atoms with Crippen LogP contribution in [-0.2, 0) is 0 Å². The first kappa shape index (κ1) is 11.2. The molecular weight excluding hydrogens is 214 g/mol. The van der Waals surface area contributed by atoms with Crippen LogP contribution < -0.4 is 0 Å². The molecule has 0 amide bonds. The summed E-state index contributed by atoms with van der Waals surface area (Å²) in [5, 5.41) is 0. The van der Waals surface area contributed by atoms with Crippen molar-refractivity contribution >= 4 is 12.6 Å². The van der Waals surface area contributed by atoms with Gasteiger partial charge < -0.3 is 0 Å². The van der Waals surface area contributed by atoms with Crippen molar-refractivity contribution in [2.24, 2.45) is 0 Å². The molecule has 0 saturated carbocycles. The monoisotopic (exact) mass is 225 g/mol. The molecule has 3 heteroatoms. The minimum atomic E-state index is 0.412. The van der Waals surface area contributed by atoms with Gasteiger partial charge in [-0.1, -0.05) is 24.3 Å². The molecule has 0 bridgehead atoms. The molecule has 0 radical (unpaired) electrons.